The Morgan fingerprint density at radius 2 is 1.97 bits per heavy atom. The highest BCUT2D eigenvalue weighted by Crippen LogP contribution is 2.27. The van der Waals surface area contributed by atoms with E-state index in [1.54, 1.807) is 24.3 Å². The Morgan fingerprint density at radius 3 is 2.55 bits per heavy atom. The fourth-order valence-electron chi connectivity index (χ4n) is 2.64. The van der Waals surface area contributed by atoms with Gasteiger partial charge in [-0.3, -0.25) is 4.79 Å². The molecule has 0 saturated heterocycles. The molecule has 3 nitrogen and oxygen atoms in total. The summed E-state index contributed by atoms with van der Waals surface area (Å²) in [6, 6.07) is 11.5. The van der Waals surface area contributed by atoms with Gasteiger partial charge in [0.25, 0.3) is 0 Å². The van der Waals surface area contributed by atoms with Crippen molar-refractivity contribution in [3.63, 3.8) is 0 Å². The average Bonchev–Trinajstić information content (AvgIpc) is 2.71. The van der Waals surface area contributed by atoms with E-state index in [-0.39, 0.29) is 18.0 Å². The summed E-state index contributed by atoms with van der Waals surface area (Å²) in [6.07, 6.45) is 1.71. The van der Waals surface area contributed by atoms with Crippen LogP contribution in [0.1, 0.15) is 36.1 Å². The molecular formula is C25H22FNO2. The van der Waals surface area contributed by atoms with Crippen LogP contribution in [0.15, 0.2) is 72.5 Å². The molecule has 0 atom stereocenters. The molecule has 2 rings (SSSR count). The topological polar surface area (TPSA) is 50.1 Å². The van der Waals surface area contributed by atoms with Crippen molar-refractivity contribution in [2.24, 2.45) is 0 Å². The molecular weight excluding hydrogens is 365 g/mol. The maximum absolute atomic E-state index is 14.1. The van der Waals surface area contributed by atoms with Crippen LogP contribution in [-0.2, 0) is 11.4 Å². The van der Waals surface area contributed by atoms with Gasteiger partial charge in [0.1, 0.15) is 18.2 Å². The van der Waals surface area contributed by atoms with Gasteiger partial charge in [0.2, 0.25) is 0 Å². The zero-order valence-corrected chi connectivity index (χ0v) is 16.8. The Hall–Kier alpha value is -3.67. The number of carbonyl (C=O) groups excluding carboxylic acids is 1. The molecule has 0 bridgehead atoms. The van der Waals surface area contributed by atoms with Gasteiger partial charge in [-0.15, -0.1) is 5.73 Å². The average molecular weight is 387 g/mol. The summed E-state index contributed by atoms with van der Waals surface area (Å²) in [5.41, 5.74) is 6.88. The molecule has 0 fully saturated rings. The number of aryl methyl sites for hydroxylation is 1. The third kappa shape index (κ3) is 5.42. The number of hydrogen-bond donors (Lipinski definition) is 0. The fourth-order valence-corrected chi connectivity index (χ4v) is 2.64. The van der Waals surface area contributed by atoms with Crippen molar-refractivity contribution in [2.45, 2.75) is 27.4 Å². The van der Waals surface area contributed by atoms with Gasteiger partial charge in [0.05, 0.1) is 11.6 Å². The number of allylic oxidation sites excluding steroid dienone is 4. The number of nitriles is 1. The number of ketones is 1. The molecule has 2 aromatic rings. The maximum atomic E-state index is 14.1. The Balaban J connectivity index is 2.34. The lowest BCUT2D eigenvalue weighted by molar-refractivity contribution is -0.111. The highest BCUT2D eigenvalue weighted by molar-refractivity contribution is 6.20. The smallest absolute Gasteiger partial charge is 0.160 e. The Labute approximate surface area is 170 Å². The van der Waals surface area contributed by atoms with Gasteiger partial charge in [-0.2, -0.15) is 5.26 Å². The highest BCUT2D eigenvalue weighted by Gasteiger charge is 2.13. The van der Waals surface area contributed by atoms with E-state index in [1.165, 1.54) is 19.1 Å². The van der Waals surface area contributed by atoms with E-state index in [0.29, 0.717) is 28.0 Å². The van der Waals surface area contributed by atoms with E-state index in [9.17, 15) is 9.18 Å². The van der Waals surface area contributed by atoms with Gasteiger partial charge in [-0.1, -0.05) is 25.3 Å². The summed E-state index contributed by atoms with van der Waals surface area (Å²) < 4.78 is 19.8. The summed E-state index contributed by atoms with van der Waals surface area (Å²) >= 11 is 0. The van der Waals surface area contributed by atoms with Gasteiger partial charge >= 0.3 is 0 Å². The van der Waals surface area contributed by atoms with Crippen LogP contribution < -0.4 is 4.74 Å². The van der Waals surface area contributed by atoms with E-state index >= 15 is 0 Å². The molecule has 0 saturated carbocycles. The molecule has 0 unspecified atom stereocenters. The van der Waals surface area contributed by atoms with Crippen molar-refractivity contribution < 1.29 is 13.9 Å². The molecule has 0 N–H and O–H groups in total. The fraction of sp³-hybridized carbons (Fsp3) is 0.160. The first kappa shape index (κ1) is 21.6. The first-order valence-electron chi connectivity index (χ1n) is 8.97. The number of Topliss-reactive ketones (excluding diaryl/α,β-unsaturated/α-hetero) is 1. The zero-order chi connectivity index (χ0) is 21.6. The van der Waals surface area contributed by atoms with Gasteiger partial charge < -0.3 is 4.74 Å². The molecule has 0 aromatic heterocycles. The van der Waals surface area contributed by atoms with Crippen LogP contribution in [0, 0.1) is 24.1 Å². The predicted molar refractivity (Wildman–Crippen MR) is 113 cm³/mol. The third-order valence-electron chi connectivity index (χ3n) is 4.52. The predicted octanol–water partition coefficient (Wildman–Crippen LogP) is 5.84. The molecule has 29 heavy (non-hydrogen) atoms. The molecule has 0 aliphatic rings. The van der Waals surface area contributed by atoms with Crippen molar-refractivity contribution in [1.29, 1.82) is 5.26 Å². The summed E-state index contributed by atoms with van der Waals surface area (Å²) in [5.74, 6) is -0.104. The van der Waals surface area contributed by atoms with Gasteiger partial charge in [-0.05, 0) is 73.4 Å². The molecule has 146 valence electrons. The normalized spacial score (nSPS) is 10.7. The molecule has 0 heterocycles. The van der Waals surface area contributed by atoms with Crippen LogP contribution in [0.2, 0.25) is 0 Å². The number of halogens is 1. The minimum Gasteiger partial charge on any atom is -0.489 e. The molecule has 0 spiro atoms. The van der Waals surface area contributed by atoms with Crippen molar-refractivity contribution in [3.8, 4) is 11.8 Å². The van der Waals surface area contributed by atoms with E-state index in [4.69, 9.17) is 10.00 Å². The van der Waals surface area contributed by atoms with Crippen LogP contribution in [0.3, 0.4) is 0 Å². The quantitative estimate of drug-likeness (QED) is 0.340. The number of nitrogens with zero attached hydrogens (tertiary/aromatic N) is 1. The van der Waals surface area contributed by atoms with Crippen LogP contribution >= 0.6 is 0 Å². The third-order valence-corrected chi connectivity index (χ3v) is 4.52. The molecule has 0 aliphatic carbocycles. The summed E-state index contributed by atoms with van der Waals surface area (Å²) in [6.45, 7) is 12.8. The SMILES string of the molecule is C=C=C(C)C(=C)/C=C(/C(C)=O)c1cc(OCc2ccc(C#N)cc2F)ccc1C. The Kier molecular flexibility index (Phi) is 7.09. The maximum Gasteiger partial charge on any atom is 0.160 e. The minimum atomic E-state index is -0.497. The lowest BCUT2D eigenvalue weighted by Gasteiger charge is -2.13. The largest absolute Gasteiger partial charge is 0.489 e. The lowest BCUT2D eigenvalue weighted by Crippen LogP contribution is -2.02. The van der Waals surface area contributed by atoms with Gasteiger partial charge in [0.15, 0.2) is 5.78 Å². The zero-order valence-electron chi connectivity index (χ0n) is 16.8. The lowest BCUT2D eigenvalue weighted by atomic mass is 9.94. The molecule has 0 amide bonds. The second kappa shape index (κ2) is 9.50. The number of ether oxygens (including phenoxy) is 1. The minimum absolute atomic E-state index is 0.00415. The van der Waals surface area contributed by atoms with Crippen molar-refractivity contribution >= 4 is 11.4 Å². The highest BCUT2D eigenvalue weighted by atomic mass is 19.1. The van der Waals surface area contributed by atoms with E-state index in [0.717, 1.165) is 11.1 Å². The van der Waals surface area contributed by atoms with Gasteiger partial charge in [-0.25, -0.2) is 4.39 Å². The number of benzene rings is 2. The second-order valence-electron chi connectivity index (χ2n) is 6.62. The standard InChI is InChI=1S/C25H22FNO2/c1-6-16(2)18(4)11-24(19(5)28)23-13-22(10-7-17(23)3)29-15-21-9-8-20(14-27)12-25(21)26/h7-13H,1,4,15H2,2-3,5H3/b24-11-. The van der Waals surface area contributed by atoms with E-state index in [1.807, 2.05) is 26.0 Å². The van der Waals surface area contributed by atoms with Crippen LogP contribution in [0.25, 0.3) is 5.57 Å². The van der Waals surface area contributed by atoms with E-state index in [2.05, 4.69) is 18.9 Å². The van der Waals surface area contributed by atoms with Crippen LogP contribution in [-0.4, -0.2) is 5.78 Å². The van der Waals surface area contributed by atoms with Crippen molar-refractivity contribution in [3.05, 3.63) is 101 Å². The van der Waals surface area contributed by atoms with Gasteiger partial charge in [0, 0.05) is 11.1 Å². The number of carbonyl (C=O) groups is 1. The van der Waals surface area contributed by atoms with Crippen molar-refractivity contribution in [1.82, 2.24) is 0 Å². The Bertz CT molecular complexity index is 1100. The second-order valence-corrected chi connectivity index (χ2v) is 6.62. The summed E-state index contributed by atoms with van der Waals surface area (Å²) in [5, 5.41) is 8.83. The number of hydrogen-bond acceptors (Lipinski definition) is 3. The van der Waals surface area contributed by atoms with E-state index < -0.39 is 5.82 Å². The summed E-state index contributed by atoms with van der Waals surface area (Å²) in [4.78, 5) is 12.3. The van der Waals surface area contributed by atoms with Crippen molar-refractivity contribution in [2.75, 3.05) is 0 Å². The van der Waals surface area contributed by atoms with Crippen LogP contribution in [0.4, 0.5) is 4.39 Å². The molecule has 0 aliphatic heterocycles. The first-order valence-corrected chi connectivity index (χ1v) is 8.97. The molecule has 2 aromatic carbocycles. The Morgan fingerprint density at radius 1 is 1.24 bits per heavy atom. The molecule has 4 heteroatoms. The monoisotopic (exact) mass is 387 g/mol. The summed E-state index contributed by atoms with van der Waals surface area (Å²) in [7, 11) is 0. The number of rotatable bonds is 7. The first-order chi connectivity index (χ1) is 13.8. The van der Waals surface area contributed by atoms with Crippen LogP contribution in [0.5, 0.6) is 5.75 Å². The molecule has 0 radical (unpaired) electrons.